The molecule has 2 unspecified atom stereocenters. The number of nitrogens with zero attached hydrogens (tertiary/aromatic N) is 1. The molecule has 17 heavy (non-hydrogen) atoms. The minimum absolute atomic E-state index is 0.400. The van der Waals surface area contributed by atoms with E-state index in [0.29, 0.717) is 16.8 Å². The lowest BCUT2D eigenvalue weighted by atomic mass is 9.90. The van der Waals surface area contributed by atoms with Crippen molar-refractivity contribution in [1.82, 2.24) is 5.32 Å². The number of thioether (sulfide) groups is 1. The molecule has 2 aliphatic heterocycles. The minimum atomic E-state index is 0.400. The Morgan fingerprint density at radius 1 is 1.47 bits per heavy atom. The Kier molecular flexibility index (Phi) is 4.36. The summed E-state index contributed by atoms with van der Waals surface area (Å²) < 4.78 is 5.59. The Hall–Kier alpha value is -0.220. The van der Waals surface area contributed by atoms with Crippen LogP contribution < -0.4 is 5.32 Å². The SMILES string of the molecule is CC(C)(C)CC1CN=C(NCC2CCCO2)S1. The summed E-state index contributed by atoms with van der Waals surface area (Å²) in [6.07, 6.45) is 4.03. The van der Waals surface area contributed by atoms with Gasteiger partial charge in [0.05, 0.1) is 12.6 Å². The summed E-state index contributed by atoms with van der Waals surface area (Å²) in [6.45, 7) is 9.71. The second kappa shape index (κ2) is 5.61. The first kappa shape index (κ1) is 13.2. The monoisotopic (exact) mass is 256 g/mol. The van der Waals surface area contributed by atoms with Gasteiger partial charge in [-0.1, -0.05) is 32.5 Å². The number of nitrogens with one attached hydrogen (secondary N) is 1. The summed E-state index contributed by atoms with van der Waals surface area (Å²) in [7, 11) is 0. The van der Waals surface area contributed by atoms with Crippen LogP contribution in [0.5, 0.6) is 0 Å². The van der Waals surface area contributed by atoms with Gasteiger partial charge >= 0.3 is 0 Å². The van der Waals surface area contributed by atoms with Gasteiger partial charge < -0.3 is 10.1 Å². The van der Waals surface area contributed by atoms with E-state index in [2.05, 4.69) is 31.1 Å². The van der Waals surface area contributed by atoms with Gasteiger partial charge in [0.25, 0.3) is 0 Å². The topological polar surface area (TPSA) is 33.6 Å². The highest BCUT2D eigenvalue weighted by atomic mass is 32.2. The first-order valence-corrected chi connectivity index (χ1v) is 7.47. The molecule has 2 rings (SSSR count). The zero-order chi connectivity index (χ0) is 12.3. The van der Waals surface area contributed by atoms with Crippen LogP contribution in [-0.4, -0.2) is 36.2 Å². The molecule has 2 heterocycles. The van der Waals surface area contributed by atoms with Gasteiger partial charge in [-0.2, -0.15) is 0 Å². The molecule has 0 aliphatic carbocycles. The van der Waals surface area contributed by atoms with E-state index >= 15 is 0 Å². The average Bonchev–Trinajstić information content (AvgIpc) is 2.82. The van der Waals surface area contributed by atoms with Crippen molar-refractivity contribution in [3.05, 3.63) is 0 Å². The van der Waals surface area contributed by atoms with Crippen LogP contribution in [0, 0.1) is 5.41 Å². The third-order valence-corrected chi connectivity index (χ3v) is 4.21. The number of ether oxygens (including phenoxy) is 1. The second-order valence-electron chi connectivity index (χ2n) is 6.17. The van der Waals surface area contributed by atoms with Crippen molar-refractivity contribution in [2.24, 2.45) is 10.4 Å². The van der Waals surface area contributed by atoms with Crippen molar-refractivity contribution in [2.45, 2.75) is 51.4 Å². The highest BCUT2D eigenvalue weighted by Crippen LogP contribution is 2.31. The van der Waals surface area contributed by atoms with Gasteiger partial charge in [-0.3, -0.25) is 4.99 Å². The zero-order valence-electron chi connectivity index (χ0n) is 11.2. The molecule has 0 bridgehead atoms. The number of rotatable bonds is 3. The molecule has 0 spiro atoms. The predicted molar refractivity (Wildman–Crippen MR) is 74.7 cm³/mol. The maximum Gasteiger partial charge on any atom is 0.157 e. The van der Waals surface area contributed by atoms with Crippen LogP contribution in [0.15, 0.2) is 4.99 Å². The van der Waals surface area contributed by atoms with E-state index in [0.717, 1.165) is 24.9 Å². The van der Waals surface area contributed by atoms with E-state index < -0.39 is 0 Å². The first-order valence-electron chi connectivity index (χ1n) is 6.59. The Labute approximate surface area is 109 Å². The van der Waals surface area contributed by atoms with Gasteiger partial charge in [-0.05, 0) is 24.7 Å². The van der Waals surface area contributed by atoms with E-state index in [1.54, 1.807) is 0 Å². The molecule has 0 aromatic carbocycles. The average molecular weight is 256 g/mol. The largest absolute Gasteiger partial charge is 0.376 e. The lowest BCUT2D eigenvalue weighted by molar-refractivity contribution is 0.114. The molecule has 0 aromatic heterocycles. The molecule has 0 amide bonds. The molecule has 0 radical (unpaired) electrons. The number of hydrogen-bond acceptors (Lipinski definition) is 4. The van der Waals surface area contributed by atoms with E-state index in [1.807, 2.05) is 11.8 Å². The van der Waals surface area contributed by atoms with Crippen LogP contribution in [0.3, 0.4) is 0 Å². The van der Waals surface area contributed by atoms with Crippen molar-refractivity contribution < 1.29 is 4.74 Å². The zero-order valence-corrected chi connectivity index (χ0v) is 12.0. The molecular weight excluding hydrogens is 232 g/mol. The van der Waals surface area contributed by atoms with Crippen LogP contribution in [0.1, 0.15) is 40.0 Å². The smallest absolute Gasteiger partial charge is 0.157 e. The van der Waals surface area contributed by atoms with E-state index in [1.165, 1.54) is 19.3 Å². The van der Waals surface area contributed by atoms with Crippen molar-refractivity contribution >= 4 is 16.9 Å². The molecule has 3 nitrogen and oxygen atoms in total. The van der Waals surface area contributed by atoms with Gasteiger partial charge in [-0.25, -0.2) is 0 Å². The van der Waals surface area contributed by atoms with Crippen molar-refractivity contribution in [2.75, 3.05) is 19.7 Å². The molecule has 2 atom stereocenters. The van der Waals surface area contributed by atoms with Gasteiger partial charge in [0.2, 0.25) is 0 Å². The van der Waals surface area contributed by atoms with Crippen LogP contribution in [0.4, 0.5) is 0 Å². The molecule has 4 heteroatoms. The summed E-state index contributed by atoms with van der Waals surface area (Å²) in [5.41, 5.74) is 0.400. The van der Waals surface area contributed by atoms with Crippen molar-refractivity contribution in [1.29, 1.82) is 0 Å². The third-order valence-electron chi connectivity index (χ3n) is 3.06. The standard InChI is InChI=1S/C13H24N2OS/c1-13(2,3)7-11-9-15-12(17-11)14-8-10-5-4-6-16-10/h10-11H,4-9H2,1-3H3,(H,14,15). The Morgan fingerprint density at radius 2 is 2.29 bits per heavy atom. The summed E-state index contributed by atoms with van der Waals surface area (Å²) in [5.74, 6) is 0. The molecule has 1 fully saturated rings. The van der Waals surface area contributed by atoms with Gasteiger partial charge in [0.15, 0.2) is 5.17 Å². The van der Waals surface area contributed by atoms with Crippen LogP contribution in [-0.2, 0) is 4.74 Å². The van der Waals surface area contributed by atoms with Crippen LogP contribution in [0.2, 0.25) is 0 Å². The van der Waals surface area contributed by atoms with E-state index in [4.69, 9.17) is 4.74 Å². The van der Waals surface area contributed by atoms with E-state index in [9.17, 15) is 0 Å². The quantitative estimate of drug-likeness (QED) is 0.843. The fourth-order valence-electron chi connectivity index (χ4n) is 2.31. The van der Waals surface area contributed by atoms with Gasteiger partial charge in [0, 0.05) is 18.4 Å². The van der Waals surface area contributed by atoms with Gasteiger partial charge in [0.1, 0.15) is 0 Å². The Balaban J connectivity index is 1.66. The highest BCUT2D eigenvalue weighted by Gasteiger charge is 2.25. The van der Waals surface area contributed by atoms with E-state index in [-0.39, 0.29) is 0 Å². The predicted octanol–water partition coefficient (Wildman–Crippen LogP) is 2.66. The molecule has 0 saturated carbocycles. The van der Waals surface area contributed by atoms with Crippen molar-refractivity contribution in [3.63, 3.8) is 0 Å². The number of hydrogen-bond donors (Lipinski definition) is 1. The fraction of sp³-hybridized carbons (Fsp3) is 0.923. The fourth-order valence-corrected chi connectivity index (χ4v) is 3.67. The summed E-state index contributed by atoms with van der Waals surface area (Å²) in [6, 6.07) is 0. The maximum absolute atomic E-state index is 5.59. The third kappa shape index (κ3) is 4.51. The number of aliphatic imine (C=N–C) groups is 1. The normalized spacial score (nSPS) is 29.5. The lowest BCUT2D eigenvalue weighted by Crippen LogP contribution is -2.29. The summed E-state index contributed by atoms with van der Waals surface area (Å²) in [5, 5.41) is 5.20. The first-order chi connectivity index (χ1) is 8.03. The minimum Gasteiger partial charge on any atom is -0.376 e. The highest BCUT2D eigenvalue weighted by molar-refractivity contribution is 8.14. The molecule has 2 aliphatic rings. The molecule has 98 valence electrons. The van der Waals surface area contributed by atoms with Crippen LogP contribution >= 0.6 is 11.8 Å². The molecular formula is C13H24N2OS. The molecule has 1 saturated heterocycles. The Morgan fingerprint density at radius 3 is 2.94 bits per heavy atom. The molecule has 0 aromatic rings. The van der Waals surface area contributed by atoms with Crippen molar-refractivity contribution in [3.8, 4) is 0 Å². The summed E-state index contributed by atoms with van der Waals surface area (Å²) >= 11 is 1.90. The van der Waals surface area contributed by atoms with Gasteiger partial charge in [-0.15, -0.1) is 0 Å². The Bertz CT molecular complexity index is 280. The summed E-state index contributed by atoms with van der Waals surface area (Å²) in [4.78, 5) is 4.58. The number of amidine groups is 1. The second-order valence-corrected chi connectivity index (χ2v) is 7.46. The molecule has 1 N–H and O–H groups in total. The maximum atomic E-state index is 5.59. The van der Waals surface area contributed by atoms with Crippen LogP contribution in [0.25, 0.3) is 0 Å². The lowest BCUT2D eigenvalue weighted by Gasteiger charge is -2.21.